The molecular weight excluding hydrogens is 186 g/mol. The molecule has 0 heterocycles. The molecule has 0 aromatic rings. The summed E-state index contributed by atoms with van der Waals surface area (Å²) in [5, 5.41) is 9.98. The minimum atomic E-state index is -0.0492. The molecule has 2 rings (SSSR count). The molecule has 2 atom stereocenters. The highest BCUT2D eigenvalue weighted by Crippen LogP contribution is 2.30. The summed E-state index contributed by atoms with van der Waals surface area (Å²) in [7, 11) is 0. The topological polar surface area (TPSA) is 23.5 Å². The molecule has 2 aliphatic rings. The van der Waals surface area contributed by atoms with Gasteiger partial charge in [0.1, 0.15) is 0 Å². The predicted molar refractivity (Wildman–Crippen MR) is 62.9 cm³/mol. The average molecular weight is 211 g/mol. The van der Waals surface area contributed by atoms with Gasteiger partial charge in [0.2, 0.25) is 0 Å². The Balaban J connectivity index is 1.95. The molecule has 2 aliphatic carbocycles. The molecule has 0 unspecified atom stereocenters. The molecule has 0 aromatic heterocycles. The second kappa shape index (κ2) is 5.31. The predicted octanol–water partition coefficient (Wildman–Crippen LogP) is 2.55. The van der Waals surface area contributed by atoms with Crippen LogP contribution in [-0.2, 0) is 0 Å². The molecule has 2 fully saturated rings. The zero-order valence-electron chi connectivity index (χ0n) is 9.99. The number of nitrogens with zero attached hydrogens (tertiary/aromatic N) is 1. The lowest BCUT2D eigenvalue weighted by molar-refractivity contribution is 0.0347. The summed E-state index contributed by atoms with van der Waals surface area (Å²) in [4.78, 5) is 2.59. The van der Waals surface area contributed by atoms with Crippen LogP contribution in [0.3, 0.4) is 0 Å². The van der Waals surface area contributed by atoms with E-state index in [9.17, 15) is 5.11 Å². The van der Waals surface area contributed by atoms with Crippen LogP contribution in [0.2, 0.25) is 0 Å². The van der Waals surface area contributed by atoms with Gasteiger partial charge in [0.25, 0.3) is 0 Å². The van der Waals surface area contributed by atoms with Crippen molar-refractivity contribution in [1.82, 2.24) is 4.90 Å². The van der Waals surface area contributed by atoms with E-state index >= 15 is 0 Å². The number of aliphatic hydroxyl groups excluding tert-OH is 1. The second-order valence-corrected chi connectivity index (χ2v) is 5.19. The van der Waals surface area contributed by atoms with Crippen molar-refractivity contribution in [2.75, 3.05) is 6.54 Å². The third kappa shape index (κ3) is 2.54. The summed E-state index contributed by atoms with van der Waals surface area (Å²) < 4.78 is 0. The zero-order chi connectivity index (χ0) is 10.7. The first-order valence-electron chi connectivity index (χ1n) is 6.76. The van der Waals surface area contributed by atoms with Gasteiger partial charge < -0.3 is 5.11 Å². The lowest BCUT2D eigenvalue weighted by atomic mass is 9.92. The van der Waals surface area contributed by atoms with Gasteiger partial charge in [0, 0.05) is 12.1 Å². The van der Waals surface area contributed by atoms with Gasteiger partial charge >= 0.3 is 0 Å². The molecule has 0 amide bonds. The van der Waals surface area contributed by atoms with Crippen molar-refractivity contribution in [2.24, 2.45) is 0 Å². The molecule has 0 aliphatic heterocycles. The Hall–Kier alpha value is -0.0800. The molecule has 0 bridgehead atoms. The first kappa shape index (κ1) is 11.4. The van der Waals surface area contributed by atoms with Gasteiger partial charge in [-0.2, -0.15) is 0 Å². The molecule has 15 heavy (non-hydrogen) atoms. The van der Waals surface area contributed by atoms with Gasteiger partial charge in [0.05, 0.1) is 6.10 Å². The molecule has 0 radical (unpaired) electrons. The van der Waals surface area contributed by atoms with Gasteiger partial charge in [-0.3, -0.25) is 4.90 Å². The minimum absolute atomic E-state index is 0.0492. The maximum atomic E-state index is 9.98. The molecule has 2 heteroatoms. The first-order valence-corrected chi connectivity index (χ1v) is 6.76. The molecule has 2 saturated carbocycles. The highest BCUT2D eigenvalue weighted by atomic mass is 16.3. The van der Waals surface area contributed by atoms with E-state index in [1.54, 1.807) is 0 Å². The Morgan fingerprint density at radius 1 is 1.00 bits per heavy atom. The van der Waals surface area contributed by atoms with Crippen molar-refractivity contribution in [3.8, 4) is 0 Å². The summed E-state index contributed by atoms with van der Waals surface area (Å²) in [5.74, 6) is 0. The SMILES string of the molecule is CCN(C1CCCCC1)[C@H]1CCC[C@@H]1O. The van der Waals surface area contributed by atoms with E-state index in [4.69, 9.17) is 0 Å². The summed E-state index contributed by atoms with van der Waals surface area (Å²) in [6.45, 7) is 3.37. The Kier molecular flexibility index (Phi) is 4.04. The van der Waals surface area contributed by atoms with Crippen LogP contribution in [0.1, 0.15) is 58.3 Å². The first-order chi connectivity index (χ1) is 7.33. The zero-order valence-corrected chi connectivity index (χ0v) is 9.99. The molecule has 0 saturated heterocycles. The Labute approximate surface area is 93.7 Å². The fraction of sp³-hybridized carbons (Fsp3) is 1.00. The Morgan fingerprint density at radius 2 is 1.73 bits per heavy atom. The van der Waals surface area contributed by atoms with Crippen LogP contribution in [0, 0.1) is 0 Å². The van der Waals surface area contributed by atoms with Crippen LogP contribution in [0.15, 0.2) is 0 Å². The van der Waals surface area contributed by atoms with Crippen LogP contribution in [-0.4, -0.2) is 34.7 Å². The average Bonchev–Trinajstić information content (AvgIpc) is 2.68. The van der Waals surface area contributed by atoms with Crippen molar-refractivity contribution in [3.63, 3.8) is 0 Å². The molecule has 1 N–H and O–H groups in total. The van der Waals surface area contributed by atoms with Crippen molar-refractivity contribution in [3.05, 3.63) is 0 Å². The highest BCUT2D eigenvalue weighted by molar-refractivity contribution is 4.89. The lowest BCUT2D eigenvalue weighted by Crippen LogP contribution is -2.47. The summed E-state index contributed by atoms with van der Waals surface area (Å²) in [5.41, 5.74) is 0. The largest absolute Gasteiger partial charge is 0.391 e. The van der Waals surface area contributed by atoms with E-state index in [0.717, 1.165) is 19.0 Å². The maximum Gasteiger partial charge on any atom is 0.0695 e. The van der Waals surface area contributed by atoms with Crippen LogP contribution in [0.5, 0.6) is 0 Å². The van der Waals surface area contributed by atoms with Crippen LogP contribution < -0.4 is 0 Å². The number of hydrogen-bond acceptors (Lipinski definition) is 2. The van der Waals surface area contributed by atoms with Gasteiger partial charge in [-0.15, -0.1) is 0 Å². The summed E-state index contributed by atoms with van der Waals surface area (Å²) >= 11 is 0. The van der Waals surface area contributed by atoms with Crippen molar-refractivity contribution < 1.29 is 5.11 Å². The third-order valence-corrected chi connectivity index (χ3v) is 4.28. The quantitative estimate of drug-likeness (QED) is 0.775. The van der Waals surface area contributed by atoms with Crippen LogP contribution in [0.25, 0.3) is 0 Å². The normalized spacial score (nSPS) is 33.8. The number of rotatable bonds is 3. The molecular formula is C13H25NO. The van der Waals surface area contributed by atoms with Crippen molar-refractivity contribution >= 4 is 0 Å². The standard InChI is InChI=1S/C13H25NO/c1-2-14(11-7-4-3-5-8-11)12-9-6-10-13(12)15/h11-13,15H,2-10H2,1H3/t12-,13-/m0/s1. The van der Waals surface area contributed by atoms with Crippen molar-refractivity contribution in [1.29, 1.82) is 0 Å². The van der Waals surface area contributed by atoms with Crippen LogP contribution >= 0.6 is 0 Å². The van der Waals surface area contributed by atoms with E-state index < -0.39 is 0 Å². The van der Waals surface area contributed by atoms with Gasteiger partial charge in [-0.1, -0.05) is 26.2 Å². The lowest BCUT2D eigenvalue weighted by Gasteiger charge is -2.39. The summed E-state index contributed by atoms with van der Waals surface area (Å²) in [6, 6.07) is 1.24. The van der Waals surface area contributed by atoms with Crippen molar-refractivity contribution in [2.45, 2.75) is 76.5 Å². The fourth-order valence-corrected chi connectivity index (χ4v) is 3.48. The van der Waals surface area contributed by atoms with E-state index in [1.807, 2.05) is 0 Å². The Morgan fingerprint density at radius 3 is 2.27 bits per heavy atom. The molecule has 0 aromatic carbocycles. The van der Waals surface area contributed by atoms with E-state index in [1.165, 1.54) is 44.9 Å². The van der Waals surface area contributed by atoms with E-state index in [0.29, 0.717) is 6.04 Å². The van der Waals surface area contributed by atoms with Crippen LogP contribution in [0.4, 0.5) is 0 Å². The van der Waals surface area contributed by atoms with E-state index in [2.05, 4.69) is 11.8 Å². The maximum absolute atomic E-state index is 9.98. The number of aliphatic hydroxyl groups is 1. The second-order valence-electron chi connectivity index (χ2n) is 5.19. The molecule has 88 valence electrons. The van der Waals surface area contributed by atoms with Gasteiger partial charge in [-0.05, 0) is 38.6 Å². The smallest absolute Gasteiger partial charge is 0.0695 e. The fourth-order valence-electron chi connectivity index (χ4n) is 3.48. The van der Waals surface area contributed by atoms with Gasteiger partial charge in [-0.25, -0.2) is 0 Å². The minimum Gasteiger partial charge on any atom is -0.391 e. The molecule has 2 nitrogen and oxygen atoms in total. The number of likely N-dealkylation sites (N-methyl/N-ethyl adjacent to an activating group) is 1. The Bertz CT molecular complexity index is 189. The highest BCUT2D eigenvalue weighted by Gasteiger charge is 2.33. The summed E-state index contributed by atoms with van der Waals surface area (Å²) in [6.07, 6.45) is 10.3. The monoisotopic (exact) mass is 211 g/mol. The molecule has 0 spiro atoms. The number of hydrogen-bond donors (Lipinski definition) is 1. The van der Waals surface area contributed by atoms with E-state index in [-0.39, 0.29) is 6.10 Å². The van der Waals surface area contributed by atoms with Gasteiger partial charge in [0.15, 0.2) is 0 Å². The third-order valence-electron chi connectivity index (χ3n) is 4.28.